The van der Waals surface area contributed by atoms with Crippen molar-refractivity contribution in [3.63, 3.8) is 0 Å². The smallest absolute Gasteiger partial charge is 0.415 e. The molecule has 1 heterocycles. The van der Waals surface area contributed by atoms with E-state index in [0.29, 0.717) is 6.54 Å². The monoisotopic (exact) mass is 288 g/mol. The summed E-state index contributed by atoms with van der Waals surface area (Å²) in [4.78, 5) is 18.4. The third kappa shape index (κ3) is 4.31. The molecule has 2 rings (SSSR count). The van der Waals surface area contributed by atoms with Gasteiger partial charge in [-0.25, -0.2) is 9.79 Å². The highest BCUT2D eigenvalue weighted by Gasteiger charge is 2.29. The second-order valence-electron chi connectivity index (χ2n) is 6.28. The van der Waals surface area contributed by atoms with E-state index in [1.165, 1.54) is 5.56 Å². The van der Waals surface area contributed by atoms with Crippen molar-refractivity contribution in [1.29, 1.82) is 0 Å². The van der Waals surface area contributed by atoms with Gasteiger partial charge in [-0.1, -0.05) is 19.1 Å². The predicted molar refractivity (Wildman–Crippen MR) is 85.1 cm³/mol. The fourth-order valence-corrected chi connectivity index (χ4v) is 2.24. The molecule has 1 aliphatic heterocycles. The number of aryl methyl sites for hydroxylation is 1. The van der Waals surface area contributed by atoms with Crippen molar-refractivity contribution in [3.8, 4) is 0 Å². The highest BCUT2D eigenvalue weighted by atomic mass is 16.6. The maximum Gasteiger partial charge on any atom is 0.415 e. The number of ether oxygens (including phenoxy) is 1. The van der Waals surface area contributed by atoms with Crippen molar-refractivity contribution in [2.24, 2.45) is 4.99 Å². The molecule has 0 atom stereocenters. The number of amides is 1. The number of nitrogens with zero attached hydrogens (tertiary/aromatic N) is 2. The van der Waals surface area contributed by atoms with Gasteiger partial charge in [0, 0.05) is 13.0 Å². The van der Waals surface area contributed by atoms with Gasteiger partial charge in [0.25, 0.3) is 0 Å². The molecule has 1 aliphatic rings. The molecule has 0 radical (unpaired) electrons. The van der Waals surface area contributed by atoms with Crippen LogP contribution in [-0.2, 0) is 11.2 Å². The highest BCUT2D eigenvalue weighted by Crippen LogP contribution is 2.21. The van der Waals surface area contributed by atoms with Crippen molar-refractivity contribution in [1.82, 2.24) is 4.90 Å². The predicted octanol–water partition coefficient (Wildman–Crippen LogP) is 4.31. The number of amidine groups is 1. The minimum absolute atomic E-state index is 0.302. The van der Waals surface area contributed by atoms with Crippen LogP contribution in [0.25, 0.3) is 0 Å². The van der Waals surface area contributed by atoms with Crippen LogP contribution >= 0.6 is 0 Å². The molecule has 0 N–H and O–H groups in total. The van der Waals surface area contributed by atoms with Crippen LogP contribution in [0.2, 0.25) is 0 Å². The van der Waals surface area contributed by atoms with Gasteiger partial charge >= 0.3 is 6.09 Å². The summed E-state index contributed by atoms with van der Waals surface area (Å²) >= 11 is 0. The first-order chi connectivity index (χ1) is 9.89. The van der Waals surface area contributed by atoms with E-state index < -0.39 is 5.60 Å². The van der Waals surface area contributed by atoms with Gasteiger partial charge in [0.05, 0.1) is 5.69 Å². The Balaban J connectivity index is 2.13. The van der Waals surface area contributed by atoms with Crippen LogP contribution in [0.1, 0.15) is 46.1 Å². The van der Waals surface area contributed by atoms with E-state index in [9.17, 15) is 4.79 Å². The zero-order valence-electron chi connectivity index (χ0n) is 13.3. The molecule has 0 saturated carbocycles. The number of aliphatic imine (C=N–C) groups is 1. The Morgan fingerprint density at radius 2 is 1.95 bits per heavy atom. The zero-order chi connectivity index (χ0) is 15.5. The largest absolute Gasteiger partial charge is 0.443 e. The van der Waals surface area contributed by atoms with Gasteiger partial charge in [-0.05, 0) is 51.3 Å². The minimum Gasteiger partial charge on any atom is -0.443 e. The lowest BCUT2D eigenvalue weighted by Crippen LogP contribution is -2.37. The average Bonchev–Trinajstić information content (AvgIpc) is 2.86. The van der Waals surface area contributed by atoms with Crippen LogP contribution in [-0.4, -0.2) is 29.0 Å². The number of hydrogen-bond acceptors (Lipinski definition) is 3. The molecule has 1 aromatic rings. The molecule has 114 valence electrons. The molecule has 0 bridgehead atoms. The van der Waals surface area contributed by atoms with Gasteiger partial charge in [-0.3, -0.25) is 4.90 Å². The number of hydrogen-bond donors (Lipinski definition) is 0. The molecule has 4 nitrogen and oxygen atoms in total. The molecule has 0 aromatic heterocycles. The van der Waals surface area contributed by atoms with E-state index in [0.717, 1.165) is 30.8 Å². The normalized spacial score (nSPS) is 17.3. The van der Waals surface area contributed by atoms with E-state index in [1.807, 2.05) is 32.9 Å². The molecule has 1 aromatic carbocycles. The van der Waals surface area contributed by atoms with Gasteiger partial charge < -0.3 is 4.74 Å². The van der Waals surface area contributed by atoms with E-state index in [1.54, 1.807) is 4.90 Å². The van der Waals surface area contributed by atoms with Crippen molar-refractivity contribution in [2.75, 3.05) is 6.54 Å². The van der Waals surface area contributed by atoms with Crippen molar-refractivity contribution < 1.29 is 9.53 Å². The molecule has 1 amide bonds. The summed E-state index contributed by atoms with van der Waals surface area (Å²) < 4.78 is 5.43. The highest BCUT2D eigenvalue weighted by molar-refractivity contribution is 5.98. The van der Waals surface area contributed by atoms with Crippen LogP contribution in [0.3, 0.4) is 0 Å². The SMILES string of the molecule is CCc1ccc(/N=C2\CCCN2C(=O)OC(C)(C)C)cc1. The third-order valence-electron chi connectivity index (χ3n) is 3.31. The summed E-state index contributed by atoms with van der Waals surface area (Å²) in [5.41, 5.74) is 1.69. The van der Waals surface area contributed by atoms with Crippen molar-refractivity contribution in [3.05, 3.63) is 29.8 Å². The lowest BCUT2D eigenvalue weighted by Gasteiger charge is -2.24. The Kier molecular flexibility index (Phi) is 4.66. The van der Waals surface area contributed by atoms with E-state index in [-0.39, 0.29) is 6.09 Å². The maximum atomic E-state index is 12.2. The van der Waals surface area contributed by atoms with Crippen LogP contribution in [0, 0.1) is 0 Å². The van der Waals surface area contributed by atoms with Crippen molar-refractivity contribution >= 4 is 17.6 Å². The Morgan fingerprint density at radius 3 is 2.52 bits per heavy atom. The van der Waals surface area contributed by atoms with Gasteiger partial charge in [0.1, 0.15) is 11.4 Å². The minimum atomic E-state index is -0.479. The number of rotatable bonds is 2. The fraction of sp³-hybridized carbons (Fsp3) is 0.529. The van der Waals surface area contributed by atoms with Gasteiger partial charge in [0.2, 0.25) is 0 Å². The van der Waals surface area contributed by atoms with Crippen LogP contribution in [0.4, 0.5) is 10.5 Å². The molecule has 0 unspecified atom stereocenters. The second-order valence-corrected chi connectivity index (χ2v) is 6.28. The lowest BCUT2D eigenvalue weighted by atomic mass is 10.1. The van der Waals surface area contributed by atoms with Crippen molar-refractivity contribution in [2.45, 2.75) is 52.6 Å². The van der Waals surface area contributed by atoms with Gasteiger partial charge in [-0.2, -0.15) is 0 Å². The van der Waals surface area contributed by atoms with Crippen LogP contribution in [0.15, 0.2) is 29.3 Å². The van der Waals surface area contributed by atoms with E-state index in [4.69, 9.17) is 4.74 Å². The summed E-state index contributed by atoms with van der Waals surface area (Å²) in [7, 11) is 0. The van der Waals surface area contributed by atoms with E-state index >= 15 is 0 Å². The average molecular weight is 288 g/mol. The molecule has 4 heteroatoms. The Bertz CT molecular complexity index is 527. The summed E-state index contributed by atoms with van der Waals surface area (Å²) in [5.74, 6) is 0.800. The summed E-state index contributed by atoms with van der Waals surface area (Å²) in [5, 5.41) is 0. The molecular formula is C17H24N2O2. The topological polar surface area (TPSA) is 41.9 Å². The summed E-state index contributed by atoms with van der Waals surface area (Å²) in [6.45, 7) is 8.44. The standard InChI is InChI=1S/C17H24N2O2/c1-5-13-8-10-14(11-9-13)18-15-7-6-12-19(15)16(20)21-17(2,3)4/h8-11H,5-7,12H2,1-4H3/b18-15+. The number of benzene rings is 1. The first-order valence-electron chi connectivity index (χ1n) is 7.56. The van der Waals surface area contributed by atoms with Gasteiger partial charge in [0.15, 0.2) is 0 Å². The molecule has 21 heavy (non-hydrogen) atoms. The Hall–Kier alpha value is -1.84. The molecule has 0 aliphatic carbocycles. The first kappa shape index (κ1) is 15.5. The van der Waals surface area contributed by atoms with E-state index in [2.05, 4.69) is 24.0 Å². The Morgan fingerprint density at radius 1 is 1.29 bits per heavy atom. The number of carbonyl (C=O) groups is 1. The lowest BCUT2D eigenvalue weighted by molar-refractivity contribution is 0.0383. The maximum absolute atomic E-state index is 12.2. The molecule has 1 saturated heterocycles. The third-order valence-corrected chi connectivity index (χ3v) is 3.31. The van der Waals surface area contributed by atoms with Crippen LogP contribution in [0.5, 0.6) is 0 Å². The summed E-state index contributed by atoms with van der Waals surface area (Å²) in [6.07, 6.45) is 2.46. The molecule has 0 spiro atoms. The fourth-order valence-electron chi connectivity index (χ4n) is 2.24. The molecule has 1 fully saturated rings. The van der Waals surface area contributed by atoms with Crippen LogP contribution < -0.4 is 0 Å². The zero-order valence-corrected chi connectivity index (χ0v) is 13.3. The molecular weight excluding hydrogens is 264 g/mol. The Labute approximate surface area is 126 Å². The quantitative estimate of drug-likeness (QED) is 0.813. The second kappa shape index (κ2) is 6.29. The first-order valence-corrected chi connectivity index (χ1v) is 7.56. The number of likely N-dealkylation sites (tertiary alicyclic amines) is 1. The number of carbonyl (C=O) groups excluding carboxylic acids is 1. The van der Waals surface area contributed by atoms with Gasteiger partial charge in [-0.15, -0.1) is 0 Å². The summed E-state index contributed by atoms with van der Waals surface area (Å²) in [6, 6.07) is 8.15.